The smallest absolute Gasteiger partial charge is 0.206 e. The van der Waals surface area contributed by atoms with Crippen molar-refractivity contribution in [2.75, 3.05) is 0 Å². The summed E-state index contributed by atoms with van der Waals surface area (Å²) in [6, 6.07) is 16.1. The molecule has 26 heavy (non-hydrogen) atoms. The zero-order valence-electron chi connectivity index (χ0n) is 15.0. The minimum Gasteiger partial charge on any atom is -0.223 e. The lowest BCUT2D eigenvalue weighted by molar-refractivity contribution is 0.588. The highest BCUT2D eigenvalue weighted by Gasteiger charge is 2.28. The molecule has 2 rings (SSSR count). The zero-order chi connectivity index (χ0) is 19.5. The van der Waals surface area contributed by atoms with Crippen molar-refractivity contribution in [2.24, 2.45) is 0 Å². The molecule has 0 heterocycles. The van der Waals surface area contributed by atoms with Gasteiger partial charge in [-0.25, -0.2) is 16.8 Å². The molecule has 0 aliphatic rings. The fraction of sp³-hybridized carbons (Fsp3) is 0.200. The van der Waals surface area contributed by atoms with Crippen molar-refractivity contribution in [2.45, 2.75) is 35.8 Å². The second kappa shape index (κ2) is 7.60. The molecular weight excluding hydrogens is 368 g/mol. The summed E-state index contributed by atoms with van der Waals surface area (Å²) >= 11 is 0. The minimum atomic E-state index is -3.77. The van der Waals surface area contributed by atoms with Gasteiger partial charge in [0.25, 0.3) is 0 Å². The van der Waals surface area contributed by atoms with E-state index in [0.717, 1.165) is 0 Å². The van der Waals surface area contributed by atoms with E-state index in [1.807, 2.05) is 0 Å². The second-order valence-corrected chi connectivity index (χ2v) is 10.3. The Morgan fingerprint density at radius 3 is 1.69 bits per heavy atom. The molecule has 0 amide bonds. The van der Waals surface area contributed by atoms with Crippen LogP contribution in [0.1, 0.15) is 20.8 Å². The van der Waals surface area contributed by atoms with E-state index in [1.54, 1.807) is 57.2 Å². The van der Waals surface area contributed by atoms with Gasteiger partial charge in [0.15, 0.2) is 9.84 Å². The maximum absolute atomic E-state index is 12.8. The quantitative estimate of drug-likeness (QED) is 0.694. The lowest BCUT2D eigenvalue weighted by Crippen LogP contribution is -2.21. The van der Waals surface area contributed by atoms with Gasteiger partial charge in [0.05, 0.1) is 19.9 Å². The Hall–Kier alpha value is -2.18. The molecule has 138 valence electrons. The van der Waals surface area contributed by atoms with E-state index >= 15 is 0 Å². The molecule has 0 saturated heterocycles. The van der Waals surface area contributed by atoms with Gasteiger partial charge in [0, 0.05) is 0 Å². The van der Waals surface area contributed by atoms with E-state index in [9.17, 15) is 16.8 Å². The van der Waals surface area contributed by atoms with Gasteiger partial charge in [-0.3, -0.25) is 0 Å². The van der Waals surface area contributed by atoms with Crippen LogP contribution in [0, 0.1) is 0 Å². The fourth-order valence-electron chi connectivity index (χ4n) is 2.52. The summed E-state index contributed by atoms with van der Waals surface area (Å²) < 4.78 is 51.1. The van der Waals surface area contributed by atoms with Crippen LogP contribution < -0.4 is 0 Å². The van der Waals surface area contributed by atoms with E-state index in [1.165, 1.54) is 24.3 Å². The lowest BCUT2D eigenvalue weighted by atomic mass is 10.1. The van der Waals surface area contributed by atoms with Gasteiger partial charge in [0.1, 0.15) is 0 Å². The number of sulfone groups is 2. The normalized spacial score (nSPS) is 14.4. The summed E-state index contributed by atoms with van der Waals surface area (Å²) in [6.45, 7) is 8.50. The number of allylic oxidation sites excluding steroid dienone is 1. The summed E-state index contributed by atoms with van der Waals surface area (Å²) in [5.74, 6) is 0. The number of hydrogen-bond acceptors (Lipinski definition) is 4. The molecule has 0 aliphatic carbocycles. The summed E-state index contributed by atoms with van der Waals surface area (Å²) in [7, 11) is -7.39. The van der Waals surface area contributed by atoms with Gasteiger partial charge in [-0.15, -0.1) is 0 Å². The third-order valence-electron chi connectivity index (χ3n) is 4.53. The first-order chi connectivity index (χ1) is 12.1. The molecule has 2 aromatic carbocycles. The van der Waals surface area contributed by atoms with Crippen LogP contribution >= 0.6 is 0 Å². The van der Waals surface area contributed by atoms with Crippen LogP contribution in [0.3, 0.4) is 0 Å². The van der Waals surface area contributed by atoms with E-state index in [4.69, 9.17) is 0 Å². The van der Waals surface area contributed by atoms with Gasteiger partial charge in [-0.1, -0.05) is 48.6 Å². The van der Waals surface area contributed by atoms with Crippen molar-refractivity contribution < 1.29 is 16.8 Å². The molecule has 0 radical (unpaired) electrons. The molecule has 0 spiro atoms. The topological polar surface area (TPSA) is 68.3 Å². The Morgan fingerprint density at radius 1 is 0.808 bits per heavy atom. The molecular formula is C20H22O4S2. The maximum atomic E-state index is 12.8. The third-order valence-corrected chi connectivity index (χ3v) is 8.60. The SMILES string of the molecule is C=C(/C(C)=C(/C)C(C)S(=O)(=O)c1ccccc1)S(=O)(=O)c1ccccc1. The molecule has 0 aliphatic heterocycles. The first-order valence-corrected chi connectivity index (χ1v) is 11.1. The number of rotatable bonds is 6. The summed E-state index contributed by atoms with van der Waals surface area (Å²) in [5.41, 5.74) is 0.819. The van der Waals surface area contributed by atoms with Crippen LogP contribution in [0.4, 0.5) is 0 Å². The van der Waals surface area contributed by atoms with E-state index < -0.39 is 24.9 Å². The van der Waals surface area contributed by atoms with Gasteiger partial charge < -0.3 is 0 Å². The first kappa shape index (κ1) is 20.1. The van der Waals surface area contributed by atoms with Crippen LogP contribution in [0.5, 0.6) is 0 Å². The minimum absolute atomic E-state index is 0.0867. The van der Waals surface area contributed by atoms with Crippen molar-refractivity contribution in [1.29, 1.82) is 0 Å². The van der Waals surface area contributed by atoms with Crippen molar-refractivity contribution in [3.63, 3.8) is 0 Å². The summed E-state index contributed by atoms with van der Waals surface area (Å²) in [4.78, 5) is 0.253. The van der Waals surface area contributed by atoms with E-state index in [2.05, 4.69) is 6.58 Å². The average molecular weight is 391 g/mol. The first-order valence-electron chi connectivity index (χ1n) is 8.06. The molecule has 0 aromatic heterocycles. The van der Waals surface area contributed by atoms with Crippen molar-refractivity contribution in [1.82, 2.24) is 0 Å². The lowest BCUT2D eigenvalue weighted by Gasteiger charge is -2.18. The Morgan fingerprint density at radius 2 is 1.23 bits per heavy atom. The third kappa shape index (κ3) is 3.81. The van der Waals surface area contributed by atoms with Gasteiger partial charge in [-0.2, -0.15) is 0 Å². The molecule has 0 saturated carbocycles. The Kier molecular flexibility index (Phi) is 5.88. The molecule has 0 fully saturated rings. The van der Waals surface area contributed by atoms with Crippen LogP contribution in [-0.4, -0.2) is 22.1 Å². The van der Waals surface area contributed by atoms with Gasteiger partial charge in [-0.05, 0) is 50.6 Å². The van der Waals surface area contributed by atoms with Crippen LogP contribution in [0.25, 0.3) is 0 Å². The molecule has 4 nitrogen and oxygen atoms in total. The fourth-order valence-corrected chi connectivity index (χ4v) is 5.47. The predicted molar refractivity (Wildman–Crippen MR) is 104 cm³/mol. The molecule has 1 atom stereocenters. The molecule has 2 aromatic rings. The highest BCUT2D eigenvalue weighted by molar-refractivity contribution is 7.95. The number of benzene rings is 2. The molecule has 6 heteroatoms. The Bertz CT molecular complexity index is 1030. The zero-order valence-corrected chi connectivity index (χ0v) is 16.6. The van der Waals surface area contributed by atoms with Crippen molar-refractivity contribution in [3.05, 3.63) is 83.3 Å². The Balaban J connectivity index is 2.44. The molecule has 1 unspecified atom stereocenters. The van der Waals surface area contributed by atoms with Crippen LogP contribution in [0.2, 0.25) is 0 Å². The van der Waals surface area contributed by atoms with Gasteiger partial charge >= 0.3 is 0 Å². The Labute approximate surface area is 155 Å². The standard InChI is InChI=1S/C20H22O4S2/c1-15(17(3)25(21,22)19-11-7-5-8-12-19)16(2)18(4)26(23,24)20-13-9-6-10-14-20/h5-14,18H,3H2,1-2,4H3/b16-15-. The molecule has 0 N–H and O–H groups in total. The van der Waals surface area contributed by atoms with Gasteiger partial charge in [0.2, 0.25) is 9.84 Å². The van der Waals surface area contributed by atoms with Crippen molar-refractivity contribution in [3.8, 4) is 0 Å². The summed E-state index contributed by atoms with van der Waals surface area (Å²) in [6.07, 6.45) is 0. The van der Waals surface area contributed by atoms with Crippen molar-refractivity contribution >= 4 is 19.7 Å². The van der Waals surface area contributed by atoms with E-state index in [0.29, 0.717) is 11.1 Å². The maximum Gasteiger partial charge on any atom is 0.206 e. The largest absolute Gasteiger partial charge is 0.223 e. The van der Waals surface area contributed by atoms with E-state index in [-0.39, 0.29) is 14.7 Å². The highest BCUT2D eigenvalue weighted by atomic mass is 32.2. The number of hydrogen-bond donors (Lipinski definition) is 0. The highest BCUT2D eigenvalue weighted by Crippen LogP contribution is 2.29. The molecule has 0 bridgehead atoms. The predicted octanol–water partition coefficient (Wildman–Crippen LogP) is 4.17. The van der Waals surface area contributed by atoms with Crippen LogP contribution in [0.15, 0.2) is 93.1 Å². The monoisotopic (exact) mass is 390 g/mol. The second-order valence-electron chi connectivity index (χ2n) is 6.05. The van der Waals surface area contributed by atoms with Crippen LogP contribution in [-0.2, 0) is 19.7 Å². The average Bonchev–Trinajstić information content (AvgIpc) is 2.66. The summed E-state index contributed by atoms with van der Waals surface area (Å²) in [5, 5.41) is -0.868.